The van der Waals surface area contributed by atoms with Crippen molar-refractivity contribution in [1.29, 1.82) is 0 Å². The molecule has 4 aliphatic carbocycles. The number of aryl methyl sites for hydroxylation is 5. The van der Waals surface area contributed by atoms with E-state index in [-0.39, 0.29) is 0 Å². The Morgan fingerprint density at radius 3 is 1.03 bits per heavy atom. The Bertz CT molecular complexity index is 4110. The molecule has 2 fully saturated rings. The van der Waals surface area contributed by atoms with Gasteiger partial charge < -0.3 is 0 Å². The Hall–Kier alpha value is -8.84. The first-order valence-electron chi connectivity index (χ1n) is 33.3. The van der Waals surface area contributed by atoms with Crippen molar-refractivity contribution in [1.82, 2.24) is 0 Å². The minimum Gasteiger partial charge on any atom is -0.0651 e. The molecule has 0 saturated heterocycles. The maximum Gasteiger partial charge on any atom is 0.0215 e. The molecule has 89 heavy (non-hydrogen) atoms. The molecule has 0 nitrogen and oxygen atoms in total. The predicted octanol–water partition coefficient (Wildman–Crippen LogP) is 25.1. The summed E-state index contributed by atoms with van der Waals surface area (Å²) >= 11 is 0. The fraction of sp³-hybridized carbons (Fsp3) is 0.236. The summed E-state index contributed by atoms with van der Waals surface area (Å²) in [5.74, 6) is 0.657. The van der Waals surface area contributed by atoms with Crippen LogP contribution in [0, 0.1) is 27.7 Å². The lowest BCUT2D eigenvalue weighted by Gasteiger charge is -2.27. The van der Waals surface area contributed by atoms with E-state index in [0.717, 1.165) is 0 Å². The van der Waals surface area contributed by atoms with Crippen LogP contribution in [0.2, 0.25) is 0 Å². The van der Waals surface area contributed by atoms with Gasteiger partial charge in [-0.2, -0.15) is 0 Å². The van der Waals surface area contributed by atoms with Gasteiger partial charge in [-0.25, -0.2) is 0 Å². The van der Waals surface area contributed by atoms with Gasteiger partial charge in [0.05, 0.1) is 0 Å². The van der Waals surface area contributed by atoms with Crippen LogP contribution in [0.5, 0.6) is 0 Å². The van der Waals surface area contributed by atoms with E-state index in [9.17, 15) is 0 Å². The summed E-state index contributed by atoms with van der Waals surface area (Å²) in [7, 11) is 0. The van der Waals surface area contributed by atoms with E-state index in [2.05, 4.69) is 315 Å². The Morgan fingerprint density at radius 2 is 0.652 bits per heavy atom. The van der Waals surface area contributed by atoms with Gasteiger partial charge in [-0.1, -0.05) is 331 Å². The van der Waals surface area contributed by atoms with Crippen LogP contribution in [-0.4, -0.2) is 0 Å². The molecule has 0 heteroatoms. The topological polar surface area (TPSA) is 0 Å². The van der Waals surface area contributed by atoms with E-state index in [1.807, 2.05) is 0 Å². The van der Waals surface area contributed by atoms with E-state index >= 15 is 0 Å². The molecule has 4 aliphatic rings. The van der Waals surface area contributed by atoms with Gasteiger partial charge in [-0.15, -0.1) is 0 Å². The van der Waals surface area contributed by atoms with Crippen LogP contribution in [0.3, 0.4) is 0 Å². The fourth-order valence-corrected chi connectivity index (χ4v) is 15.2. The van der Waals surface area contributed by atoms with Crippen LogP contribution in [0.4, 0.5) is 0 Å². The molecule has 16 rings (SSSR count). The fourth-order valence-electron chi connectivity index (χ4n) is 15.2. The SMILES string of the molecule is CCC(C)c1ccc(-c2ccccc2)cc1.CCCc1ccc(-c2ccccc2)cc1.Cc1cc2c(c3ccccc13)-c1ccccc1C21CCCC1.Cc1cc2c(c3ccccc13)-c1ccccc1C21CCCC1.Cc1ccc(-c2ccc(C)cc2)cc1. The van der Waals surface area contributed by atoms with Crippen LogP contribution in [0.15, 0.2) is 267 Å². The molecular formula is C89H88. The van der Waals surface area contributed by atoms with Crippen LogP contribution in [0.1, 0.15) is 147 Å². The van der Waals surface area contributed by atoms with Gasteiger partial charge in [0.2, 0.25) is 0 Å². The van der Waals surface area contributed by atoms with Crippen molar-refractivity contribution in [2.24, 2.45) is 0 Å². The second-order valence-corrected chi connectivity index (χ2v) is 25.8. The van der Waals surface area contributed by atoms with Crippen molar-refractivity contribution in [3.05, 3.63) is 323 Å². The maximum atomic E-state index is 2.49. The van der Waals surface area contributed by atoms with E-state index in [1.165, 1.54) is 181 Å². The molecule has 12 aromatic carbocycles. The zero-order valence-electron chi connectivity index (χ0n) is 53.8. The summed E-state index contributed by atoms with van der Waals surface area (Å²) in [6.07, 6.45) is 14.3. The highest BCUT2D eigenvalue weighted by atomic mass is 14.5. The first-order valence-corrected chi connectivity index (χ1v) is 33.3. The number of hydrogen-bond donors (Lipinski definition) is 0. The molecule has 1 unspecified atom stereocenters. The molecule has 2 saturated carbocycles. The lowest BCUT2D eigenvalue weighted by molar-refractivity contribution is 0.550. The van der Waals surface area contributed by atoms with Crippen molar-refractivity contribution in [3.63, 3.8) is 0 Å². The lowest BCUT2D eigenvalue weighted by atomic mass is 9.76. The lowest BCUT2D eigenvalue weighted by Crippen LogP contribution is -2.20. The summed E-state index contributed by atoms with van der Waals surface area (Å²) in [4.78, 5) is 0. The average molecular weight is 1160 g/mol. The van der Waals surface area contributed by atoms with Crippen molar-refractivity contribution < 1.29 is 0 Å². The minimum atomic E-state index is 0.292. The molecule has 0 aliphatic heterocycles. The van der Waals surface area contributed by atoms with Crippen LogP contribution < -0.4 is 0 Å². The minimum absolute atomic E-state index is 0.292. The third kappa shape index (κ3) is 12.5. The van der Waals surface area contributed by atoms with Crippen LogP contribution in [0.25, 0.3) is 77.2 Å². The van der Waals surface area contributed by atoms with Crippen molar-refractivity contribution in [2.75, 3.05) is 0 Å². The van der Waals surface area contributed by atoms with E-state index < -0.39 is 0 Å². The molecule has 1 atom stereocenters. The average Bonchev–Trinajstić information content (AvgIpc) is 1.72. The summed E-state index contributed by atoms with van der Waals surface area (Å²) in [6.45, 7) is 15.5. The quantitative estimate of drug-likeness (QED) is 0.149. The number of rotatable bonds is 7. The molecule has 0 N–H and O–H groups in total. The number of benzene rings is 12. The largest absolute Gasteiger partial charge is 0.0651 e. The molecule has 12 aromatic rings. The normalized spacial score (nSPS) is 14.4. The summed E-state index contributed by atoms with van der Waals surface area (Å²) in [6, 6.07) is 97.2. The standard InChI is InChI=1S/2C22H20.C16H18.C15H16.C14H14/c2*1-15-14-20-21(17-9-3-2-8-16(15)17)18-10-4-5-11-19(18)22(20)12-6-7-13-22;1-3-13(2)14-9-11-16(12-10-14)15-7-5-4-6-8-15;1-2-6-13-9-11-15(12-10-13)14-7-4-3-5-8-14;1-11-3-7-13(8-4-11)14-9-5-12(2)6-10-14/h2*2-5,8-11,14H,6-7,12-13H2,1H3;4-13H,3H2,1-2H3;3-5,7-12H,2,6H2,1H3;3-10H,1-2H3. The third-order valence-electron chi connectivity index (χ3n) is 20.1. The van der Waals surface area contributed by atoms with Crippen LogP contribution >= 0.6 is 0 Å². The zero-order chi connectivity index (χ0) is 61.3. The molecule has 444 valence electrons. The maximum absolute atomic E-state index is 2.49. The Balaban J connectivity index is 0.000000110. The molecule has 0 bridgehead atoms. The van der Waals surface area contributed by atoms with Gasteiger partial charge >= 0.3 is 0 Å². The van der Waals surface area contributed by atoms with Gasteiger partial charge in [0.25, 0.3) is 0 Å². The summed E-state index contributed by atoms with van der Waals surface area (Å²) in [5.41, 5.74) is 29.0. The first kappa shape index (κ1) is 60.4. The second kappa shape index (κ2) is 27.3. The Kier molecular flexibility index (Phi) is 18.5. The first-order chi connectivity index (χ1) is 43.6. The molecule has 0 radical (unpaired) electrons. The predicted molar refractivity (Wildman–Crippen MR) is 385 cm³/mol. The van der Waals surface area contributed by atoms with E-state index in [0.29, 0.717) is 16.7 Å². The molecule has 0 heterocycles. The van der Waals surface area contributed by atoms with Gasteiger partial charge in [0.15, 0.2) is 0 Å². The van der Waals surface area contributed by atoms with Gasteiger partial charge in [0.1, 0.15) is 0 Å². The van der Waals surface area contributed by atoms with E-state index in [4.69, 9.17) is 0 Å². The number of fused-ring (bicyclic) bond motifs is 14. The second-order valence-electron chi connectivity index (χ2n) is 25.8. The molecular weight excluding hydrogens is 1070 g/mol. The zero-order valence-corrected chi connectivity index (χ0v) is 53.8. The Morgan fingerprint density at radius 1 is 0.326 bits per heavy atom. The Labute approximate surface area is 532 Å². The molecule has 2 spiro atoms. The van der Waals surface area contributed by atoms with Gasteiger partial charge in [0, 0.05) is 10.8 Å². The smallest absolute Gasteiger partial charge is 0.0215 e. The molecule has 0 aromatic heterocycles. The highest BCUT2D eigenvalue weighted by molar-refractivity contribution is 6.05. The summed E-state index contributed by atoms with van der Waals surface area (Å²) in [5, 5.41) is 5.69. The highest BCUT2D eigenvalue weighted by Gasteiger charge is 2.47. The highest BCUT2D eigenvalue weighted by Crippen LogP contribution is 2.60. The van der Waals surface area contributed by atoms with Crippen molar-refractivity contribution in [3.8, 4) is 55.6 Å². The van der Waals surface area contributed by atoms with Gasteiger partial charge in [-0.05, 0) is 194 Å². The van der Waals surface area contributed by atoms with Crippen molar-refractivity contribution >= 4 is 21.5 Å². The van der Waals surface area contributed by atoms with Crippen LogP contribution in [-0.2, 0) is 17.3 Å². The van der Waals surface area contributed by atoms with Crippen molar-refractivity contribution in [2.45, 2.75) is 136 Å². The summed E-state index contributed by atoms with van der Waals surface area (Å²) < 4.78 is 0. The van der Waals surface area contributed by atoms with E-state index in [1.54, 1.807) is 22.3 Å². The molecule has 0 amide bonds. The number of hydrogen-bond acceptors (Lipinski definition) is 0. The third-order valence-corrected chi connectivity index (χ3v) is 20.1. The monoisotopic (exact) mass is 1160 g/mol. The van der Waals surface area contributed by atoms with Gasteiger partial charge in [-0.3, -0.25) is 0 Å².